The molecule has 0 aliphatic carbocycles. The number of methoxy groups -OCH3 is 2. The molecule has 0 saturated carbocycles. The van der Waals surface area contributed by atoms with Crippen molar-refractivity contribution in [2.75, 3.05) is 50.6 Å². The number of carbonyl (C=O) groups excluding carboxylic acids is 1. The van der Waals surface area contributed by atoms with E-state index >= 15 is 0 Å². The maximum absolute atomic E-state index is 13.1. The Morgan fingerprint density at radius 2 is 1.57 bits per heavy atom. The van der Waals surface area contributed by atoms with E-state index in [0.29, 0.717) is 54.9 Å². The van der Waals surface area contributed by atoms with Crippen molar-refractivity contribution in [3.8, 4) is 22.8 Å². The first-order chi connectivity index (χ1) is 17.7. The SMILES string of the molecule is COc1ccc(-c2ccc(N3CCN(S(=O)(=O)c4ccc(NC(=O)C(C)C)cc4)CC3)nn2)cc1OC. The smallest absolute Gasteiger partial charge is 0.243 e. The van der Waals surface area contributed by atoms with Crippen LogP contribution in [0.5, 0.6) is 11.5 Å². The molecule has 4 rings (SSSR count). The summed E-state index contributed by atoms with van der Waals surface area (Å²) in [6, 6.07) is 15.6. The van der Waals surface area contributed by atoms with Gasteiger partial charge in [0.15, 0.2) is 17.3 Å². The zero-order valence-electron chi connectivity index (χ0n) is 21.3. The number of amides is 1. The molecule has 10 nitrogen and oxygen atoms in total. The third kappa shape index (κ3) is 5.83. The van der Waals surface area contributed by atoms with Gasteiger partial charge in [-0.2, -0.15) is 4.31 Å². The highest BCUT2D eigenvalue weighted by Gasteiger charge is 2.29. The van der Waals surface area contributed by atoms with Gasteiger partial charge in [-0.3, -0.25) is 4.79 Å². The second-order valence-corrected chi connectivity index (χ2v) is 10.8. The molecule has 1 aliphatic heterocycles. The Hall–Kier alpha value is -3.70. The number of ether oxygens (including phenoxy) is 2. The number of nitrogens with one attached hydrogen (secondary N) is 1. The molecule has 1 N–H and O–H groups in total. The lowest BCUT2D eigenvalue weighted by atomic mass is 10.1. The van der Waals surface area contributed by atoms with Crippen LogP contribution in [0.3, 0.4) is 0 Å². The van der Waals surface area contributed by atoms with Gasteiger partial charge >= 0.3 is 0 Å². The predicted molar refractivity (Wildman–Crippen MR) is 141 cm³/mol. The number of benzene rings is 2. The minimum absolute atomic E-state index is 0.119. The number of nitrogens with zero attached hydrogens (tertiary/aromatic N) is 4. The van der Waals surface area contributed by atoms with E-state index in [1.54, 1.807) is 40.2 Å². The molecule has 1 saturated heterocycles. The zero-order valence-corrected chi connectivity index (χ0v) is 22.2. The van der Waals surface area contributed by atoms with E-state index in [0.717, 1.165) is 5.56 Å². The number of anilines is 2. The third-order valence-electron chi connectivity index (χ3n) is 6.18. The molecule has 1 fully saturated rings. The summed E-state index contributed by atoms with van der Waals surface area (Å²) in [6.45, 7) is 5.23. The second kappa shape index (κ2) is 11.1. The van der Waals surface area contributed by atoms with Gasteiger partial charge in [0.05, 0.1) is 24.8 Å². The fourth-order valence-electron chi connectivity index (χ4n) is 3.95. The number of sulfonamides is 1. The first-order valence-electron chi connectivity index (χ1n) is 11.9. The average molecular weight is 526 g/mol. The molecule has 0 bridgehead atoms. The topological polar surface area (TPSA) is 114 Å². The van der Waals surface area contributed by atoms with E-state index in [-0.39, 0.29) is 16.7 Å². The molecule has 11 heteroatoms. The molecular weight excluding hydrogens is 494 g/mol. The summed E-state index contributed by atoms with van der Waals surface area (Å²) >= 11 is 0. The Kier molecular flexibility index (Phi) is 7.94. The van der Waals surface area contributed by atoms with Crippen LogP contribution >= 0.6 is 0 Å². The van der Waals surface area contributed by atoms with Crippen molar-refractivity contribution in [1.29, 1.82) is 0 Å². The van der Waals surface area contributed by atoms with Crippen molar-refractivity contribution in [3.05, 3.63) is 54.6 Å². The molecule has 1 amide bonds. The maximum Gasteiger partial charge on any atom is 0.243 e. The highest BCUT2D eigenvalue weighted by atomic mass is 32.2. The minimum Gasteiger partial charge on any atom is -0.493 e. The van der Waals surface area contributed by atoms with E-state index in [1.165, 1.54) is 16.4 Å². The summed E-state index contributed by atoms with van der Waals surface area (Å²) in [7, 11) is -0.481. The van der Waals surface area contributed by atoms with Gasteiger partial charge in [0, 0.05) is 43.3 Å². The van der Waals surface area contributed by atoms with Crippen LogP contribution in [0.25, 0.3) is 11.3 Å². The standard InChI is InChI=1S/C26H31N5O5S/c1-18(2)26(32)27-20-6-8-21(9-7-20)37(33,34)31-15-13-30(14-16-31)25-12-10-22(28-29-25)19-5-11-23(35-3)24(17-19)36-4/h5-12,17-18H,13-16H2,1-4H3,(H,27,32). The molecular formula is C26H31N5O5S. The van der Waals surface area contributed by atoms with Crippen molar-refractivity contribution in [1.82, 2.24) is 14.5 Å². The summed E-state index contributed by atoms with van der Waals surface area (Å²) in [5.41, 5.74) is 2.11. The summed E-state index contributed by atoms with van der Waals surface area (Å²) in [5, 5.41) is 11.5. The Balaban J connectivity index is 1.39. The Labute approximate surface area is 217 Å². The van der Waals surface area contributed by atoms with Crippen molar-refractivity contribution in [2.45, 2.75) is 18.7 Å². The van der Waals surface area contributed by atoms with E-state index in [4.69, 9.17) is 9.47 Å². The van der Waals surface area contributed by atoms with Crippen molar-refractivity contribution >= 4 is 27.4 Å². The molecule has 1 aliphatic rings. The molecule has 196 valence electrons. The van der Waals surface area contributed by atoms with E-state index in [2.05, 4.69) is 15.5 Å². The van der Waals surface area contributed by atoms with Crippen molar-refractivity contribution in [2.24, 2.45) is 5.92 Å². The number of hydrogen-bond acceptors (Lipinski definition) is 8. The zero-order chi connectivity index (χ0) is 26.6. The summed E-state index contributed by atoms with van der Waals surface area (Å²) in [4.78, 5) is 14.1. The van der Waals surface area contributed by atoms with Gasteiger partial charge in [0.25, 0.3) is 0 Å². The molecule has 2 aromatic carbocycles. The van der Waals surface area contributed by atoms with Gasteiger partial charge < -0.3 is 19.7 Å². The van der Waals surface area contributed by atoms with Crippen LogP contribution in [-0.2, 0) is 14.8 Å². The Bertz CT molecular complexity index is 1340. The fraction of sp³-hybridized carbons (Fsp3) is 0.346. The Morgan fingerprint density at radius 3 is 2.14 bits per heavy atom. The van der Waals surface area contributed by atoms with Crippen LogP contribution < -0.4 is 19.7 Å². The first-order valence-corrected chi connectivity index (χ1v) is 13.4. The highest BCUT2D eigenvalue weighted by molar-refractivity contribution is 7.89. The molecule has 3 aromatic rings. The third-order valence-corrected chi connectivity index (χ3v) is 8.09. The summed E-state index contributed by atoms with van der Waals surface area (Å²) in [5.74, 6) is 1.65. The average Bonchev–Trinajstić information content (AvgIpc) is 2.93. The second-order valence-electron chi connectivity index (χ2n) is 8.91. The number of carbonyl (C=O) groups is 1. The van der Waals surface area contributed by atoms with Gasteiger partial charge in [-0.1, -0.05) is 13.8 Å². The molecule has 0 unspecified atom stereocenters. The van der Waals surface area contributed by atoms with Crippen LogP contribution in [0.15, 0.2) is 59.5 Å². The molecule has 37 heavy (non-hydrogen) atoms. The van der Waals surface area contributed by atoms with Crippen LogP contribution in [0, 0.1) is 5.92 Å². The van der Waals surface area contributed by atoms with E-state index < -0.39 is 10.0 Å². The minimum atomic E-state index is -3.65. The summed E-state index contributed by atoms with van der Waals surface area (Å²) < 4.78 is 38.4. The van der Waals surface area contributed by atoms with Crippen LogP contribution in [0.4, 0.5) is 11.5 Å². The van der Waals surface area contributed by atoms with E-state index in [9.17, 15) is 13.2 Å². The lowest BCUT2D eigenvalue weighted by molar-refractivity contribution is -0.118. The monoisotopic (exact) mass is 525 g/mol. The maximum atomic E-state index is 13.1. The lowest BCUT2D eigenvalue weighted by Crippen LogP contribution is -2.49. The van der Waals surface area contributed by atoms with Crippen LogP contribution in [-0.4, -0.2) is 69.2 Å². The number of aromatic nitrogens is 2. The molecule has 0 radical (unpaired) electrons. The highest BCUT2D eigenvalue weighted by Crippen LogP contribution is 2.31. The largest absolute Gasteiger partial charge is 0.493 e. The number of piperazine rings is 1. The van der Waals surface area contributed by atoms with Crippen molar-refractivity contribution in [3.63, 3.8) is 0 Å². The van der Waals surface area contributed by atoms with Crippen LogP contribution in [0.2, 0.25) is 0 Å². The van der Waals surface area contributed by atoms with Gasteiger partial charge in [-0.25, -0.2) is 8.42 Å². The molecule has 0 atom stereocenters. The van der Waals surface area contributed by atoms with Gasteiger partial charge in [0.2, 0.25) is 15.9 Å². The molecule has 2 heterocycles. The van der Waals surface area contributed by atoms with Gasteiger partial charge in [-0.05, 0) is 54.6 Å². The summed E-state index contributed by atoms with van der Waals surface area (Å²) in [6.07, 6.45) is 0. The quantitative estimate of drug-likeness (QED) is 0.477. The molecule has 0 spiro atoms. The van der Waals surface area contributed by atoms with Crippen molar-refractivity contribution < 1.29 is 22.7 Å². The van der Waals surface area contributed by atoms with Gasteiger partial charge in [0.1, 0.15) is 0 Å². The van der Waals surface area contributed by atoms with Gasteiger partial charge in [-0.15, -0.1) is 10.2 Å². The number of hydrogen-bond donors (Lipinski definition) is 1. The fourth-order valence-corrected chi connectivity index (χ4v) is 5.37. The molecule has 1 aromatic heterocycles. The van der Waals surface area contributed by atoms with Crippen LogP contribution in [0.1, 0.15) is 13.8 Å². The number of rotatable bonds is 8. The Morgan fingerprint density at radius 1 is 0.892 bits per heavy atom. The lowest BCUT2D eigenvalue weighted by Gasteiger charge is -2.34. The predicted octanol–water partition coefficient (Wildman–Crippen LogP) is 3.27. The van der Waals surface area contributed by atoms with E-state index in [1.807, 2.05) is 35.2 Å². The normalized spacial score (nSPS) is 14.5. The first kappa shape index (κ1) is 26.4.